The minimum atomic E-state index is -0.303. The molecule has 0 aliphatic carbocycles. The molecule has 0 aromatic heterocycles. The fraction of sp³-hybridized carbons (Fsp3) is 0.263. The molecule has 1 heterocycles. The van der Waals surface area contributed by atoms with E-state index < -0.39 is 0 Å². The Morgan fingerprint density at radius 3 is 2.68 bits per heavy atom. The highest BCUT2D eigenvalue weighted by atomic mass is 16.5. The topological polar surface area (TPSA) is 76.7 Å². The molecule has 0 unspecified atom stereocenters. The van der Waals surface area contributed by atoms with Gasteiger partial charge in [0, 0.05) is 5.56 Å². The zero-order valence-electron chi connectivity index (χ0n) is 14.0. The molecule has 2 aromatic rings. The van der Waals surface area contributed by atoms with Gasteiger partial charge in [-0.15, -0.1) is 0 Å². The predicted octanol–water partition coefficient (Wildman–Crippen LogP) is 1.54. The van der Waals surface area contributed by atoms with Crippen LogP contribution in [-0.2, 0) is 11.2 Å². The van der Waals surface area contributed by atoms with Crippen LogP contribution in [0.4, 0.5) is 0 Å². The van der Waals surface area contributed by atoms with Crippen LogP contribution in [0, 0.1) is 0 Å². The molecular weight excluding hydrogens is 320 g/mol. The van der Waals surface area contributed by atoms with Crippen molar-refractivity contribution in [3.8, 4) is 11.5 Å². The Hall–Kier alpha value is -3.02. The van der Waals surface area contributed by atoms with Gasteiger partial charge in [0.05, 0.1) is 19.7 Å². The largest absolute Gasteiger partial charge is 0.497 e. The molecule has 0 radical (unpaired) electrons. The van der Waals surface area contributed by atoms with Crippen molar-refractivity contribution in [2.24, 2.45) is 0 Å². The van der Waals surface area contributed by atoms with Gasteiger partial charge in [-0.3, -0.25) is 9.59 Å². The highest BCUT2D eigenvalue weighted by Gasteiger charge is 2.21. The minimum Gasteiger partial charge on any atom is -0.497 e. The smallest absolute Gasteiger partial charge is 0.251 e. The van der Waals surface area contributed by atoms with E-state index in [1.807, 2.05) is 24.3 Å². The Morgan fingerprint density at radius 1 is 1.16 bits per heavy atom. The second kappa shape index (κ2) is 7.70. The van der Waals surface area contributed by atoms with E-state index in [9.17, 15) is 9.59 Å². The third-order valence-electron chi connectivity index (χ3n) is 4.01. The van der Waals surface area contributed by atoms with E-state index in [0.717, 1.165) is 11.3 Å². The SMILES string of the molecule is COc1ccc(C(=O)NCC(=O)N[C@H]2COc3ccccc3C2)cc1. The summed E-state index contributed by atoms with van der Waals surface area (Å²) in [6.07, 6.45) is 0.717. The van der Waals surface area contributed by atoms with Crippen molar-refractivity contribution in [1.29, 1.82) is 0 Å². The van der Waals surface area contributed by atoms with Gasteiger partial charge in [-0.05, 0) is 42.3 Å². The maximum Gasteiger partial charge on any atom is 0.251 e. The number of carbonyl (C=O) groups excluding carboxylic acids is 2. The standard InChI is InChI=1S/C19H20N2O4/c1-24-16-8-6-13(7-9-16)19(23)20-11-18(22)21-15-10-14-4-2-3-5-17(14)25-12-15/h2-9,15H,10-12H2,1H3,(H,20,23)(H,21,22)/t15-/m1/s1. The van der Waals surface area contributed by atoms with E-state index in [1.54, 1.807) is 31.4 Å². The molecule has 6 nitrogen and oxygen atoms in total. The summed E-state index contributed by atoms with van der Waals surface area (Å²) < 4.78 is 10.7. The lowest BCUT2D eigenvalue weighted by Crippen LogP contribution is -2.46. The first-order valence-electron chi connectivity index (χ1n) is 8.08. The molecule has 25 heavy (non-hydrogen) atoms. The normalized spacial score (nSPS) is 15.5. The van der Waals surface area contributed by atoms with Crippen LogP contribution in [0.25, 0.3) is 0 Å². The number of methoxy groups -OCH3 is 1. The van der Waals surface area contributed by atoms with Crippen LogP contribution in [0.2, 0.25) is 0 Å². The van der Waals surface area contributed by atoms with Crippen molar-refractivity contribution in [3.05, 3.63) is 59.7 Å². The molecule has 1 aliphatic rings. The van der Waals surface area contributed by atoms with Crippen molar-refractivity contribution in [2.45, 2.75) is 12.5 Å². The summed E-state index contributed by atoms with van der Waals surface area (Å²) in [5, 5.41) is 5.50. The zero-order valence-corrected chi connectivity index (χ0v) is 14.0. The Bertz CT molecular complexity index is 758. The van der Waals surface area contributed by atoms with Crippen LogP contribution in [0.3, 0.4) is 0 Å². The number of rotatable bonds is 5. The van der Waals surface area contributed by atoms with Crippen molar-refractivity contribution in [1.82, 2.24) is 10.6 Å². The van der Waals surface area contributed by atoms with Crippen molar-refractivity contribution in [3.63, 3.8) is 0 Å². The van der Waals surface area contributed by atoms with Gasteiger partial charge in [0.15, 0.2) is 0 Å². The molecule has 0 spiro atoms. The molecule has 1 atom stereocenters. The minimum absolute atomic E-state index is 0.0803. The fourth-order valence-electron chi connectivity index (χ4n) is 2.70. The summed E-state index contributed by atoms with van der Waals surface area (Å²) in [4.78, 5) is 24.1. The van der Waals surface area contributed by atoms with E-state index in [4.69, 9.17) is 9.47 Å². The third-order valence-corrected chi connectivity index (χ3v) is 4.01. The van der Waals surface area contributed by atoms with Crippen molar-refractivity contribution < 1.29 is 19.1 Å². The summed E-state index contributed by atoms with van der Waals surface area (Å²) >= 11 is 0. The lowest BCUT2D eigenvalue weighted by molar-refractivity contribution is -0.121. The summed E-state index contributed by atoms with van der Waals surface area (Å²) in [5.41, 5.74) is 1.55. The first-order chi connectivity index (χ1) is 12.2. The maximum absolute atomic E-state index is 12.1. The molecule has 1 aliphatic heterocycles. The highest BCUT2D eigenvalue weighted by Crippen LogP contribution is 2.23. The van der Waals surface area contributed by atoms with Crippen molar-refractivity contribution >= 4 is 11.8 Å². The second-order valence-corrected chi connectivity index (χ2v) is 5.80. The number of hydrogen-bond acceptors (Lipinski definition) is 4. The zero-order chi connectivity index (χ0) is 17.6. The average Bonchev–Trinajstić information content (AvgIpc) is 2.66. The van der Waals surface area contributed by atoms with Gasteiger partial charge < -0.3 is 20.1 Å². The molecule has 3 rings (SSSR count). The molecule has 0 fully saturated rings. The van der Waals surface area contributed by atoms with Crippen LogP contribution < -0.4 is 20.1 Å². The van der Waals surface area contributed by atoms with Gasteiger partial charge in [0.1, 0.15) is 18.1 Å². The molecule has 6 heteroatoms. The van der Waals surface area contributed by atoms with E-state index in [1.165, 1.54) is 0 Å². The highest BCUT2D eigenvalue weighted by molar-refractivity contribution is 5.96. The number of nitrogens with one attached hydrogen (secondary N) is 2. The quantitative estimate of drug-likeness (QED) is 0.866. The number of hydrogen-bond donors (Lipinski definition) is 2. The molecule has 2 aromatic carbocycles. The van der Waals surface area contributed by atoms with E-state index in [2.05, 4.69) is 10.6 Å². The summed E-state index contributed by atoms with van der Waals surface area (Å²) in [6, 6.07) is 14.4. The van der Waals surface area contributed by atoms with E-state index in [-0.39, 0.29) is 24.4 Å². The predicted molar refractivity (Wildman–Crippen MR) is 92.9 cm³/mol. The van der Waals surface area contributed by atoms with Crippen LogP contribution in [0.5, 0.6) is 11.5 Å². The molecule has 2 N–H and O–H groups in total. The number of carbonyl (C=O) groups is 2. The fourth-order valence-corrected chi connectivity index (χ4v) is 2.70. The summed E-state index contributed by atoms with van der Waals surface area (Å²) in [5.74, 6) is 0.991. The Labute approximate surface area is 146 Å². The van der Waals surface area contributed by atoms with Gasteiger partial charge in [-0.1, -0.05) is 18.2 Å². The molecule has 130 valence electrons. The molecule has 0 saturated carbocycles. The van der Waals surface area contributed by atoms with E-state index >= 15 is 0 Å². The summed E-state index contributed by atoms with van der Waals surface area (Å²) in [7, 11) is 1.56. The molecule has 0 bridgehead atoms. The molecule has 0 saturated heterocycles. The third kappa shape index (κ3) is 4.29. The summed E-state index contributed by atoms with van der Waals surface area (Å²) in [6.45, 7) is 0.345. The van der Waals surface area contributed by atoms with Crippen LogP contribution in [-0.4, -0.2) is 38.1 Å². The number of para-hydroxylation sites is 1. The Balaban J connectivity index is 1.47. The number of amides is 2. The van der Waals surface area contributed by atoms with Crippen LogP contribution >= 0.6 is 0 Å². The average molecular weight is 340 g/mol. The number of ether oxygens (including phenoxy) is 2. The van der Waals surface area contributed by atoms with Crippen molar-refractivity contribution in [2.75, 3.05) is 20.3 Å². The first-order valence-corrected chi connectivity index (χ1v) is 8.08. The molecule has 2 amide bonds. The van der Waals surface area contributed by atoms with Crippen LogP contribution in [0.1, 0.15) is 15.9 Å². The second-order valence-electron chi connectivity index (χ2n) is 5.80. The molecular formula is C19H20N2O4. The van der Waals surface area contributed by atoms with Gasteiger partial charge >= 0.3 is 0 Å². The maximum atomic E-state index is 12.1. The van der Waals surface area contributed by atoms with E-state index in [0.29, 0.717) is 24.3 Å². The van der Waals surface area contributed by atoms with Gasteiger partial charge in [0.2, 0.25) is 5.91 Å². The monoisotopic (exact) mass is 340 g/mol. The Morgan fingerprint density at radius 2 is 1.92 bits per heavy atom. The van der Waals surface area contributed by atoms with Gasteiger partial charge in [0.25, 0.3) is 5.91 Å². The Kier molecular flexibility index (Phi) is 5.18. The number of benzene rings is 2. The first kappa shape index (κ1) is 16.8. The van der Waals surface area contributed by atoms with Crippen LogP contribution in [0.15, 0.2) is 48.5 Å². The number of fused-ring (bicyclic) bond motifs is 1. The lowest BCUT2D eigenvalue weighted by Gasteiger charge is -2.26. The lowest BCUT2D eigenvalue weighted by atomic mass is 10.0. The van der Waals surface area contributed by atoms with Gasteiger partial charge in [-0.2, -0.15) is 0 Å². The van der Waals surface area contributed by atoms with Gasteiger partial charge in [-0.25, -0.2) is 0 Å².